The van der Waals surface area contributed by atoms with E-state index in [0.717, 1.165) is 18.4 Å². The maximum atomic E-state index is 14.2. The predicted molar refractivity (Wildman–Crippen MR) is 102 cm³/mol. The van der Waals surface area contributed by atoms with Gasteiger partial charge in [0.15, 0.2) is 0 Å². The van der Waals surface area contributed by atoms with Gasteiger partial charge in [-0.2, -0.15) is 9.29 Å². The van der Waals surface area contributed by atoms with Gasteiger partial charge in [0.2, 0.25) is 21.7 Å². The van der Waals surface area contributed by atoms with Gasteiger partial charge in [0.1, 0.15) is 10.7 Å². The standard InChI is InChI=1S/C20H19FN4O3S/c21-17-3-1-2-4-18(17)29(26,27)25-15-5-6-16(25)12-14(11-15)20-23-19(24-28-20)13-7-9-22-10-8-13/h1-4,7-10,14-16H,5-6,11-12H2. The number of halogens is 1. The van der Waals surface area contributed by atoms with Crippen molar-refractivity contribution in [1.29, 1.82) is 0 Å². The van der Waals surface area contributed by atoms with E-state index in [1.807, 2.05) is 12.1 Å². The molecular weight excluding hydrogens is 395 g/mol. The van der Waals surface area contributed by atoms with Crippen molar-refractivity contribution in [2.24, 2.45) is 0 Å². The third kappa shape index (κ3) is 3.14. The van der Waals surface area contributed by atoms with Gasteiger partial charge in [0.25, 0.3) is 0 Å². The van der Waals surface area contributed by atoms with Crippen LogP contribution in [0.4, 0.5) is 4.39 Å². The molecule has 1 aromatic carbocycles. The van der Waals surface area contributed by atoms with Crippen molar-refractivity contribution in [1.82, 2.24) is 19.4 Å². The fourth-order valence-electron chi connectivity index (χ4n) is 4.51. The Labute approximate surface area is 167 Å². The molecule has 2 atom stereocenters. The summed E-state index contributed by atoms with van der Waals surface area (Å²) in [5.41, 5.74) is 0.817. The van der Waals surface area contributed by atoms with Gasteiger partial charge in [-0.05, 0) is 49.9 Å². The number of nitrogens with zero attached hydrogens (tertiary/aromatic N) is 4. The molecule has 5 rings (SSSR count). The zero-order valence-corrected chi connectivity index (χ0v) is 16.3. The smallest absolute Gasteiger partial charge is 0.246 e. The molecule has 0 aliphatic carbocycles. The van der Waals surface area contributed by atoms with E-state index in [4.69, 9.17) is 4.52 Å². The minimum Gasteiger partial charge on any atom is -0.339 e. The number of rotatable bonds is 4. The molecule has 0 saturated carbocycles. The largest absolute Gasteiger partial charge is 0.339 e. The molecule has 2 aliphatic rings. The fraction of sp³-hybridized carbons (Fsp3) is 0.350. The van der Waals surface area contributed by atoms with Crippen LogP contribution >= 0.6 is 0 Å². The van der Waals surface area contributed by atoms with Crippen molar-refractivity contribution in [3.05, 3.63) is 60.5 Å². The molecule has 2 aromatic heterocycles. The number of pyridine rings is 1. The molecule has 2 bridgehead atoms. The van der Waals surface area contributed by atoms with Gasteiger partial charge in [-0.1, -0.05) is 17.3 Å². The molecule has 7 nitrogen and oxygen atoms in total. The average Bonchev–Trinajstić information content (AvgIpc) is 3.32. The number of hydrogen-bond donors (Lipinski definition) is 0. The quantitative estimate of drug-likeness (QED) is 0.650. The lowest BCUT2D eigenvalue weighted by Crippen LogP contribution is -2.46. The van der Waals surface area contributed by atoms with Gasteiger partial charge in [-0.25, -0.2) is 12.8 Å². The number of hydrogen-bond acceptors (Lipinski definition) is 6. The van der Waals surface area contributed by atoms with Crippen LogP contribution in [0.2, 0.25) is 0 Å². The molecule has 2 unspecified atom stereocenters. The SMILES string of the molecule is O=S(=O)(c1ccccc1F)N1C2CCC1CC(c1nc(-c3ccncc3)no1)C2. The number of fused-ring (bicyclic) bond motifs is 2. The van der Waals surface area contributed by atoms with Crippen LogP contribution in [0.3, 0.4) is 0 Å². The van der Waals surface area contributed by atoms with Crippen molar-refractivity contribution in [3.8, 4) is 11.4 Å². The van der Waals surface area contributed by atoms with Crippen LogP contribution in [0.1, 0.15) is 37.5 Å². The summed E-state index contributed by atoms with van der Waals surface area (Å²) in [6, 6.07) is 8.77. The topological polar surface area (TPSA) is 89.2 Å². The average molecular weight is 414 g/mol. The molecule has 2 fully saturated rings. The second kappa shape index (κ2) is 7.00. The van der Waals surface area contributed by atoms with Crippen molar-refractivity contribution < 1.29 is 17.3 Å². The highest BCUT2D eigenvalue weighted by atomic mass is 32.2. The van der Waals surface area contributed by atoms with Crippen LogP contribution in [0.25, 0.3) is 11.4 Å². The van der Waals surface area contributed by atoms with E-state index in [1.165, 1.54) is 22.5 Å². The highest BCUT2D eigenvalue weighted by Crippen LogP contribution is 2.45. The minimum absolute atomic E-state index is 0.0114. The van der Waals surface area contributed by atoms with Crippen LogP contribution in [-0.4, -0.2) is 39.9 Å². The van der Waals surface area contributed by atoms with E-state index in [-0.39, 0.29) is 22.9 Å². The fourth-order valence-corrected chi connectivity index (χ4v) is 6.47. The highest BCUT2D eigenvalue weighted by molar-refractivity contribution is 7.89. The van der Waals surface area contributed by atoms with E-state index in [0.29, 0.717) is 24.6 Å². The summed E-state index contributed by atoms with van der Waals surface area (Å²) in [5, 5.41) is 4.06. The molecule has 0 radical (unpaired) electrons. The van der Waals surface area contributed by atoms with Crippen molar-refractivity contribution in [2.75, 3.05) is 0 Å². The Balaban J connectivity index is 1.40. The van der Waals surface area contributed by atoms with Gasteiger partial charge in [-0.15, -0.1) is 0 Å². The Morgan fingerprint density at radius 1 is 1.03 bits per heavy atom. The molecule has 3 aromatic rings. The zero-order valence-electron chi connectivity index (χ0n) is 15.5. The Morgan fingerprint density at radius 3 is 2.41 bits per heavy atom. The first-order chi connectivity index (χ1) is 14.0. The van der Waals surface area contributed by atoms with Gasteiger partial charge < -0.3 is 4.52 Å². The Kier molecular flexibility index (Phi) is 4.44. The van der Waals surface area contributed by atoms with Gasteiger partial charge >= 0.3 is 0 Å². The van der Waals surface area contributed by atoms with Crippen LogP contribution < -0.4 is 0 Å². The van der Waals surface area contributed by atoms with Gasteiger partial charge in [-0.3, -0.25) is 4.98 Å². The molecule has 2 saturated heterocycles. The summed E-state index contributed by atoms with van der Waals surface area (Å²) in [6.45, 7) is 0. The van der Waals surface area contributed by atoms with Crippen molar-refractivity contribution in [3.63, 3.8) is 0 Å². The summed E-state index contributed by atoms with van der Waals surface area (Å²) in [4.78, 5) is 8.25. The van der Waals surface area contributed by atoms with E-state index >= 15 is 0 Å². The molecule has 0 spiro atoms. The van der Waals surface area contributed by atoms with Crippen LogP contribution in [0, 0.1) is 5.82 Å². The molecular formula is C20H19FN4O3S. The highest BCUT2D eigenvalue weighted by Gasteiger charge is 2.49. The van der Waals surface area contributed by atoms with Crippen LogP contribution in [0.5, 0.6) is 0 Å². The monoisotopic (exact) mass is 414 g/mol. The molecule has 0 N–H and O–H groups in total. The predicted octanol–water partition coefficient (Wildman–Crippen LogP) is 3.37. The summed E-state index contributed by atoms with van der Waals surface area (Å²) in [7, 11) is -3.89. The number of sulfonamides is 1. The Bertz CT molecular complexity index is 1120. The normalized spacial score (nSPS) is 24.7. The number of aromatic nitrogens is 3. The second-order valence-corrected chi connectivity index (χ2v) is 9.32. The second-order valence-electron chi connectivity index (χ2n) is 7.51. The van der Waals surface area contributed by atoms with E-state index in [9.17, 15) is 12.8 Å². The minimum atomic E-state index is -3.89. The molecule has 4 heterocycles. The van der Waals surface area contributed by atoms with E-state index in [2.05, 4.69) is 15.1 Å². The van der Waals surface area contributed by atoms with Gasteiger partial charge in [0, 0.05) is 36.0 Å². The first kappa shape index (κ1) is 18.4. The lowest BCUT2D eigenvalue weighted by Gasteiger charge is -2.36. The molecule has 0 amide bonds. The van der Waals surface area contributed by atoms with Crippen LogP contribution in [0.15, 0.2) is 58.2 Å². The van der Waals surface area contributed by atoms with Crippen LogP contribution in [-0.2, 0) is 10.0 Å². The lowest BCUT2D eigenvalue weighted by atomic mass is 9.92. The Hall–Kier alpha value is -2.65. The lowest BCUT2D eigenvalue weighted by molar-refractivity contribution is 0.201. The van der Waals surface area contributed by atoms with E-state index in [1.54, 1.807) is 18.5 Å². The molecule has 150 valence electrons. The van der Waals surface area contributed by atoms with Gasteiger partial charge in [0.05, 0.1) is 0 Å². The summed E-state index contributed by atoms with van der Waals surface area (Å²) < 4.78 is 47.4. The van der Waals surface area contributed by atoms with Crippen molar-refractivity contribution >= 4 is 10.0 Å². The first-order valence-corrected chi connectivity index (χ1v) is 11.0. The first-order valence-electron chi connectivity index (χ1n) is 9.56. The third-order valence-electron chi connectivity index (χ3n) is 5.79. The maximum absolute atomic E-state index is 14.2. The zero-order chi connectivity index (χ0) is 20.0. The third-order valence-corrected chi connectivity index (χ3v) is 7.83. The summed E-state index contributed by atoms with van der Waals surface area (Å²) >= 11 is 0. The van der Waals surface area contributed by atoms with Crippen molar-refractivity contribution in [2.45, 2.75) is 48.6 Å². The number of benzene rings is 1. The molecule has 9 heteroatoms. The molecule has 29 heavy (non-hydrogen) atoms. The van der Waals surface area contributed by atoms with E-state index < -0.39 is 15.8 Å². The number of piperidine rings is 1. The summed E-state index contributed by atoms with van der Waals surface area (Å²) in [5.74, 6) is 0.295. The summed E-state index contributed by atoms with van der Waals surface area (Å²) in [6.07, 6.45) is 6.00. The maximum Gasteiger partial charge on any atom is 0.246 e. The Morgan fingerprint density at radius 2 is 1.72 bits per heavy atom. The molecule has 2 aliphatic heterocycles.